The summed E-state index contributed by atoms with van der Waals surface area (Å²) >= 11 is 2.74. The summed E-state index contributed by atoms with van der Waals surface area (Å²) in [6.07, 6.45) is 29.0. The molecule has 1 aliphatic heterocycles. The summed E-state index contributed by atoms with van der Waals surface area (Å²) in [5, 5.41) is 29.8. The van der Waals surface area contributed by atoms with Gasteiger partial charge in [0, 0.05) is 6.61 Å². The summed E-state index contributed by atoms with van der Waals surface area (Å²) in [7, 11) is 0. The standard InChI is InChI=1S/C50H77NO8S2/c1-4-6-10-34-12-16-36(17-13-34)38-20-24-40(25-21-38)47(53)58-43-28-29-44(46-45(43)60-50(61-46)42(32-51)49(55)57-31-9-8-30-56-33(3)52)59-48(54)41-26-22-39(23-27-41)37-18-14-35(15-19-37)11-7-5-2/h28-29,33-41,45-46,49,52,55H,4-27,30-31H2,1-3H3/t33?,34?,35?,36?,37?,38?,39?,40?,41?,45?,46?,49-/m1/s1. The molecule has 6 rings (SSSR count). The number of aliphatic hydroxyl groups is 2. The van der Waals surface area contributed by atoms with Gasteiger partial charge >= 0.3 is 11.9 Å². The minimum absolute atomic E-state index is 0.0939. The van der Waals surface area contributed by atoms with E-state index in [1.165, 1.54) is 113 Å². The van der Waals surface area contributed by atoms with Crippen LogP contribution in [0.3, 0.4) is 0 Å². The van der Waals surface area contributed by atoms with E-state index in [1.54, 1.807) is 19.1 Å². The smallest absolute Gasteiger partial charge is 0.314 e. The highest BCUT2D eigenvalue weighted by Crippen LogP contribution is 2.56. The van der Waals surface area contributed by atoms with E-state index >= 15 is 0 Å². The number of esters is 2. The van der Waals surface area contributed by atoms with Gasteiger partial charge in [0.15, 0.2) is 12.6 Å². The zero-order valence-corrected chi connectivity index (χ0v) is 39.2. The first-order valence-electron chi connectivity index (χ1n) is 24.6. The second-order valence-electron chi connectivity index (χ2n) is 19.3. The summed E-state index contributed by atoms with van der Waals surface area (Å²) < 4.78 is 24.0. The number of nitrogens with zero attached hydrogens (tertiary/aromatic N) is 1. The second kappa shape index (κ2) is 25.0. The van der Waals surface area contributed by atoms with Crippen LogP contribution in [-0.2, 0) is 28.5 Å². The fourth-order valence-corrected chi connectivity index (χ4v) is 14.5. The van der Waals surface area contributed by atoms with Gasteiger partial charge in [0.2, 0.25) is 0 Å². The number of rotatable bonds is 20. The van der Waals surface area contributed by atoms with Crippen LogP contribution < -0.4 is 0 Å². The van der Waals surface area contributed by atoms with E-state index in [0.717, 1.165) is 75.0 Å². The lowest BCUT2D eigenvalue weighted by atomic mass is 9.68. The number of nitriles is 1. The Morgan fingerprint density at radius 3 is 1.41 bits per heavy atom. The molecule has 0 amide bonds. The molecule has 61 heavy (non-hydrogen) atoms. The molecule has 0 aromatic heterocycles. The summed E-state index contributed by atoms with van der Waals surface area (Å²) in [5.41, 5.74) is 0.0939. The van der Waals surface area contributed by atoms with E-state index in [2.05, 4.69) is 19.9 Å². The molecule has 9 nitrogen and oxygen atoms in total. The maximum Gasteiger partial charge on any atom is 0.314 e. The van der Waals surface area contributed by atoms with Crippen molar-refractivity contribution >= 4 is 35.5 Å². The molecule has 4 saturated carbocycles. The molecule has 0 aromatic rings. The number of hydrogen-bond acceptors (Lipinski definition) is 11. The van der Waals surface area contributed by atoms with Gasteiger partial charge in [0.25, 0.3) is 0 Å². The van der Waals surface area contributed by atoms with Gasteiger partial charge in [0.1, 0.15) is 23.2 Å². The van der Waals surface area contributed by atoms with E-state index in [-0.39, 0.29) is 36.0 Å². The molecule has 11 heteroatoms. The Morgan fingerprint density at radius 2 is 1.03 bits per heavy atom. The third-order valence-corrected chi connectivity index (χ3v) is 18.3. The van der Waals surface area contributed by atoms with Gasteiger partial charge in [-0.1, -0.05) is 78.1 Å². The van der Waals surface area contributed by atoms with Crippen LogP contribution >= 0.6 is 23.5 Å². The number of fused-ring (bicyclic) bond motifs is 1. The number of hydrogen-bond donors (Lipinski definition) is 2. The molecular formula is C50H77NO8S2. The molecule has 0 bridgehead atoms. The minimum atomic E-state index is -1.44. The fraction of sp³-hybridized carbons (Fsp3) is 0.820. The van der Waals surface area contributed by atoms with Crippen LogP contribution in [0.15, 0.2) is 33.5 Å². The van der Waals surface area contributed by atoms with E-state index in [0.29, 0.717) is 47.0 Å². The summed E-state index contributed by atoms with van der Waals surface area (Å²) in [6.45, 7) is 6.69. The van der Waals surface area contributed by atoms with Crippen molar-refractivity contribution in [2.24, 2.45) is 47.3 Å². The number of thioether (sulfide) groups is 2. The van der Waals surface area contributed by atoms with Crippen LogP contribution in [0.25, 0.3) is 0 Å². The van der Waals surface area contributed by atoms with Crippen molar-refractivity contribution in [3.63, 3.8) is 0 Å². The fourth-order valence-electron chi connectivity index (χ4n) is 11.3. The maximum atomic E-state index is 13.8. The molecule has 0 radical (unpaired) electrons. The molecule has 1 heterocycles. The van der Waals surface area contributed by atoms with Gasteiger partial charge in [-0.25, -0.2) is 0 Å². The quantitative estimate of drug-likeness (QED) is 0.0523. The minimum Gasteiger partial charge on any atom is -0.430 e. The molecule has 5 aliphatic carbocycles. The molecule has 0 aromatic carbocycles. The monoisotopic (exact) mass is 884 g/mol. The maximum absolute atomic E-state index is 13.8. The van der Waals surface area contributed by atoms with E-state index in [9.17, 15) is 25.1 Å². The third-order valence-electron chi connectivity index (χ3n) is 15.2. The highest BCUT2D eigenvalue weighted by Gasteiger charge is 2.46. The average molecular weight is 884 g/mol. The predicted octanol–water partition coefficient (Wildman–Crippen LogP) is 11.9. The molecule has 4 atom stereocenters. The number of allylic oxidation sites excluding steroid dienone is 2. The Balaban J connectivity index is 1.06. The molecule has 6 aliphatic rings. The van der Waals surface area contributed by atoms with Crippen LogP contribution in [0, 0.1) is 58.7 Å². The number of ether oxygens (including phenoxy) is 4. The lowest BCUT2D eigenvalue weighted by Gasteiger charge is -2.37. The third kappa shape index (κ3) is 14.1. The van der Waals surface area contributed by atoms with Crippen molar-refractivity contribution in [1.82, 2.24) is 0 Å². The first-order valence-corrected chi connectivity index (χ1v) is 26.3. The van der Waals surface area contributed by atoms with E-state index < -0.39 is 23.1 Å². The van der Waals surface area contributed by atoms with Gasteiger partial charge in [0.05, 0.1) is 33.2 Å². The van der Waals surface area contributed by atoms with Crippen LogP contribution in [-0.4, -0.2) is 58.4 Å². The van der Waals surface area contributed by atoms with Crippen molar-refractivity contribution in [1.29, 1.82) is 5.26 Å². The largest absolute Gasteiger partial charge is 0.430 e. The van der Waals surface area contributed by atoms with Gasteiger partial charge in [-0.05, 0) is 144 Å². The first kappa shape index (κ1) is 48.6. The van der Waals surface area contributed by atoms with Crippen molar-refractivity contribution in [3.05, 3.63) is 33.5 Å². The van der Waals surface area contributed by atoms with Crippen LogP contribution in [0.1, 0.15) is 175 Å². The van der Waals surface area contributed by atoms with Gasteiger partial charge < -0.3 is 29.2 Å². The lowest BCUT2D eigenvalue weighted by Crippen LogP contribution is -2.33. The van der Waals surface area contributed by atoms with Gasteiger partial charge in [-0.3, -0.25) is 9.59 Å². The normalized spacial score (nSPS) is 32.8. The highest BCUT2D eigenvalue weighted by atomic mass is 32.2. The molecule has 342 valence electrons. The van der Waals surface area contributed by atoms with E-state index in [1.807, 2.05) is 0 Å². The number of carbonyl (C=O) groups excluding carboxylic acids is 2. The number of carbonyl (C=O) groups is 2. The molecule has 5 fully saturated rings. The van der Waals surface area contributed by atoms with E-state index in [4.69, 9.17) is 18.9 Å². The Kier molecular flexibility index (Phi) is 20.0. The zero-order valence-electron chi connectivity index (χ0n) is 37.6. The van der Waals surface area contributed by atoms with Crippen molar-refractivity contribution < 1.29 is 38.7 Å². The molecule has 0 spiro atoms. The lowest BCUT2D eigenvalue weighted by molar-refractivity contribution is -0.147. The molecule has 3 unspecified atom stereocenters. The van der Waals surface area contributed by atoms with Crippen LogP contribution in [0.4, 0.5) is 0 Å². The molecule has 1 saturated heterocycles. The summed E-state index contributed by atoms with van der Waals surface area (Å²) in [6, 6.07) is 2.17. The van der Waals surface area contributed by atoms with Crippen molar-refractivity contribution in [3.8, 4) is 6.07 Å². The first-order chi connectivity index (χ1) is 29.7. The Bertz CT molecular complexity index is 1440. The Hall–Kier alpha value is -1.81. The topological polar surface area (TPSA) is 135 Å². The van der Waals surface area contributed by atoms with Gasteiger partial charge in [-0.2, -0.15) is 5.26 Å². The molecular weight excluding hydrogens is 807 g/mol. The van der Waals surface area contributed by atoms with Crippen LogP contribution in [0.2, 0.25) is 0 Å². The Morgan fingerprint density at radius 1 is 0.639 bits per heavy atom. The second-order valence-corrected chi connectivity index (χ2v) is 21.9. The predicted molar refractivity (Wildman–Crippen MR) is 243 cm³/mol. The molecule has 2 N–H and O–H groups in total. The number of aliphatic hydroxyl groups excluding tert-OH is 2. The van der Waals surface area contributed by atoms with Gasteiger partial charge in [-0.15, -0.1) is 23.5 Å². The van der Waals surface area contributed by atoms with Crippen molar-refractivity contribution in [2.45, 2.75) is 198 Å². The van der Waals surface area contributed by atoms with Crippen LogP contribution in [0.5, 0.6) is 0 Å². The summed E-state index contributed by atoms with van der Waals surface area (Å²) in [5.74, 6) is 5.10. The average Bonchev–Trinajstić information content (AvgIpc) is 3.73. The zero-order chi connectivity index (χ0) is 43.1. The number of unbranched alkanes of at least 4 members (excludes halogenated alkanes) is 3. The SMILES string of the molecule is CCCCC1CCC(C2CCC(C(=O)OC3=CC=C(OC(=O)C4CCC(C5CCC(CCCC)CC5)CC4)C4SC(=C(C#N)[C@H](O)OCCCCOC(C)O)SC34)CC2)CC1. The van der Waals surface area contributed by atoms with Crippen molar-refractivity contribution in [2.75, 3.05) is 13.2 Å². The summed E-state index contributed by atoms with van der Waals surface area (Å²) in [4.78, 5) is 27.6. The Labute approximate surface area is 376 Å². The highest BCUT2D eigenvalue weighted by molar-refractivity contribution is 8.26.